The van der Waals surface area contributed by atoms with Crippen LogP contribution in [0, 0.1) is 12.8 Å². The number of rotatable bonds is 7. The molecule has 21 heavy (non-hydrogen) atoms. The number of aromatic amines is 1. The van der Waals surface area contributed by atoms with E-state index in [9.17, 15) is 0 Å². The zero-order chi connectivity index (χ0) is 15.2. The zero-order valence-corrected chi connectivity index (χ0v) is 14.0. The molecule has 114 valence electrons. The lowest BCUT2D eigenvalue weighted by molar-refractivity contribution is 0.517. The van der Waals surface area contributed by atoms with Gasteiger partial charge in [0.1, 0.15) is 0 Å². The fourth-order valence-corrected chi connectivity index (χ4v) is 3.08. The molecule has 1 heterocycles. The fraction of sp³-hybridized carbons (Fsp3) is 0.500. The van der Waals surface area contributed by atoms with Gasteiger partial charge in [0.25, 0.3) is 0 Å². The first-order chi connectivity index (χ1) is 10.2. The van der Waals surface area contributed by atoms with E-state index in [-0.39, 0.29) is 0 Å². The maximum Gasteiger partial charge on any atom is 0.0460 e. The molecular weight excluding hydrogens is 254 g/mol. The number of fused-ring (bicyclic) bond motifs is 1. The second-order valence-electron chi connectivity index (χ2n) is 6.34. The van der Waals surface area contributed by atoms with Crippen molar-refractivity contribution in [2.75, 3.05) is 0 Å². The van der Waals surface area contributed by atoms with Crippen molar-refractivity contribution in [3.63, 3.8) is 0 Å². The number of unbranched alkanes of at least 4 members (excludes halogenated alkanes) is 1. The Morgan fingerprint density at radius 3 is 2.81 bits per heavy atom. The van der Waals surface area contributed by atoms with Crippen molar-refractivity contribution in [1.82, 2.24) is 4.98 Å². The molecule has 0 amide bonds. The van der Waals surface area contributed by atoms with Gasteiger partial charge in [0, 0.05) is 22.7 Å². The van der Waals surface area contributed by atoms with Gasteiger partial charge in [0.15, 0.2) is 0 Å². The van der Waals surface area contributed by atoms with Gasteiger partial charge in [-0.2, -0.15) is 0 Å². The van der Waals surface area contributed by atoms with Crippen LogP contribution in [0.3, 0.4) is 0 Å². The number of hydrogen-bond acceptors (Lipinski definition) is 0. The molecule has 1 heteroatoms. The lowest BCUT2D eigenvalue weighted by atomic mass is 9.91. The minimum atomic E-state index is 0.762. The van der Waals surface area contributed by atoms with Crippen LogP contribution >= 0.6 is 0 Å². The van der Waals surface area contributed by atoms with Gasteiger partial charge < -0.3 is 4.98 Å². The van der Waals surface area contributed by atoms with Crippen molar-refractivity contribution in [1.29, 1.82) is 0 Å². The smallest absolute Gasteiger partial charge is 0.0460 e. The second kappa shape index (κ2) is 7.49. The summed E-state index contributed by atoms with van der Waals surface area (Å²) in [6.07, 6.45) is 10.9. The number of nitrogens with one attached hydrogen (secondary N) is 1. The molecule has 1 aromatic carbocycles. The maximum atomic E-state index is 3.43. The van der Waals surface area contributed by atoms with Crippen LogP contribution < -0.4 is 0 Å². The van der Waals surface area contributed by atoms with E-state index in [1.807, 2.05) is 0 Å². The molecule has 2 rings (SSSR count). The highest BCUT2D eigenvalue weighted by molar-refractivity contribution is 5.93. The van der Waals surface area contributed by atoms with Crippen molar-refractivity contribution in [3.8, 4) is 0 Å². The van der Waals surface area contributed by atoms with Gasteiger partial charge in [-0.3, -0.25) is 0 Å². The Kier molecular flexibility index (Phi) is 5.67. The van der Waals surface area contributed by atoms with Crippen LogP contribution in [-0.2, 0) is 0 Å². The summed E-state index contributed by atoms with van der Waals surface area (Å²) in [5.41, 5.74) is 5.49. The van der Waals surface area contributed by atoms with Crippen LogP contribution in [0.5, 0.6) is 0 Å². The largest absolute Gasteiger partial charge is 0.361 e. The van der Waals surface area contributed by atoms with Crippen molar-refractivity contribution in [2.45, 2.75) is 59.8 Å². The Hall–Kier alpha value is -1.50. The molecule has 1 N–H and O–H groups in total. The van der Waals surface area contributed by atoms with E-state index in [1.165, 1.54) is 53.3 Å². The number of hydrogen-bond donors (Lipinski definition) is 1. The number of H-pyrrole nitrogens is 1. The highest BCUT2D eigenvalue weighted by Gasteiger charge is 2.12. The van der Waals surface area contributed by atoms with Crippen molar-refractivity contribution in [3.05, 3.63) is 41.6 Å². The quantitative estimate of drug-likeness (QED) is 0.598. The number of aryl methyl sites for hydroxylation is 1. The topological polar surface area (TPSA) is 15.8 Å². The van der Waals surface area contributed by atoms with E-state index < -0.39 is 0 Å². The highest BCUT2D eigenvalue weighted by atomic mass is 14.7. The Morgan fingerprint density at radius 1 is 1.29 bits per heavy atom. The molecule has 1 nitrogen and oxygen atoms in total. The molecule has 0 aliphatic carbocycles. The Balaban J connectivity index is 2.28. The third-order valence-electron chi connectivity index (χ3n) is 4.25. The molecule has 0 saturated heterocycles. The third-order valence-corrected chi connectivity index (χ3v) is 4.25. The molecule has 1 atom stereocenters. The first kappa shape index (κ1) is 15.9. The van der Waals surface area contributed by atoms with Crippen molar-refractivity contribution < 1.29 is 0 Å². The molecule has 0 saturated carbocycles. The van der Waals surface area contributed by atoms with Crippen molar-refractivity contribution >= 4 is 16.5 Å². The van der Waals surface area contributed by atoms with Gasteiger partial charge in [-0.1, -0.05) is 57.7 Å². The Morgan fingerprint density at radius 2 is 2.10 bits per heavy atom. The van der Waals surface area contributed by atoms with Crippen LogP contribution in [0.2, 0.25) is 0 Å². The zero-order valence-electron chi connectivity index (χ0n) is 14.0. The van der Waals surface area contributed by atoms with E-state index in [1.54, 1.807) is 0 Å². The molecule has 1 unspecified atom stereocenters. The number of benzene rings is 1. The standard InChI is InChI=1S/C20H29N/c1-5-7-9-15(3)12-17(8-6-2)19-14-21-20-11-10-16(4)13-18(19)20/h8,10-11,13-15,21H,5-7,9,12H2,1-4H3/b17-8+. The van der Waals surface area contributed by atoms with Gasteiger partial charge in [-0.25, -0.2) is 0 Å². The maximum absolute atomic E-state index is 3.43. The van der Waals surface area contributed by atoms with Crippen LogP contribution in [-0.4, -0.2) is 4.98 Å². The van der Waals surface area contributed by atoms with Crippen LogP contribution in [0.25, 0.3) is 16.5 Å². The summed E-state index contributed by atoms with van der Waals surface area (Å²) in [5.74, 6) is 0.762. The van der Waals surface area contributed by atoms with Gasteiger partial charge >= 0.3 is 0 Å². The van der Waals surface area contributed by atoms with Gasteiger partial charge in [-0.05, 0) is 43.4 Å². The molecule has 2 aromatic rings. The van der Waals surface area contributed by atoms with Gasteiger partial charge in [0.2, 0.25) is 0 Å². The van der Waals surface area contributed by atoms with Gasteiger partial charge in [-0.15, -0.1) is 0 Å². The molecule has 0 spiro atoms. The van der Waals surface area contributed by atoms with E-state index in [0.29, 0.717) is 0 Å². The van der Waals surface area contributed by atoms with Gasteiger partial charge in [0.05, 0.1) is 0 Å². The summed E-state index contributed by atoms with van der Waals surface area (Å²) in [6.45, 7) is 9.07. The monoisotopic (exact) mass is 283 g/mol. The summed E-state index contributed by atoms with van der Waals surface area (Å²) in [6, 6.07) is 6.68. The van der Waals surface area contributed by atoms with E-state index in [2.05, 4.69) is 63.2 Å². The fourth-order valence-electron chi connectivity index (χ4n) is 3.08. The number of allylic oxidation sites excluding steroid dienone is 2. The predicted octanol–water partition coefficient (Wildman–Crippen LogP) is 6.49. The first-order valence-electron chi connectivity index (χ1n) is 8.42. The highest BCUT2D eigenvalue weighted by Crippen LogP contribution is 2.31. The summed E-state index contributed by atoms with van der Waals surface area (Å²) in [4.78, 5) is 3.43. The average molecular weight is 283 g/mol. The van der Waals surface area contributed by atoms with E-state index in [0.717, 1.165) is 12.3 Å². The molecule has 0 bridgehead atoms. The van der Waals surface area contributed by atoms with Crippen LogP contribution in [0.4, 0.5) is 0 Å². The first-order valence-corrected chi connectivity index (χ1v) is 8.42. The Bertz CT molecular complexity index is 603. The van der Waals surface area contributed by atoms with Crippen LogP contribution in [0.1, 0.15) is 64.0 Å². The molecular formula is C20H29N. The van der Waals surface area contributed by atoms with E-state index in [4.69, 9.17) is 0 Å². The molecule has 1 aromatic heterocycles. The summed E-state index contributed by atoms with van der Waals surface area (Å²) in [7, 11) is 0. The minimum absolute atomic E-state index is 0.762. The third kappa shape index (κ3) is 4.00. The SMILES string of the molecule is CC/C=C(\CC(C)CCCC)c1c[nH]c2ccc(C)cc12. The molecule has 0 radical (unpaired) electrons. The second-order valence-corrected chi connectivity index (χ2v) is 6.34. The predicted molar refractivity (Wildman–Crippen MR) is 94.6 cm³/mol. The lowest BCUT2D eigenvalue weighted by Gasteiger charge is -2.14. The summed E-state index contributed by atoms with van der Waals surface area (Å²) in [5, 5.41) is 1.37. The van der Waals surface area contributed by atoms with Crippen LogP contribution in [0.15, 0.2) is 30.5 Å². The molecule has 0 fully saturated rings. The van der Waals surface area contributed by atoms with E-state index >= 15 is 0 Å². The minimum Gasteiger partial charge on any atom is -0.361 e. The summed E-state index contributed by atoms with van der Waals surface area (Å²) >= 11 is 0. The average Bonchev–Trinajstić information content (AvgIpc) is 2.87. The normalized spacial score (nSPS) is 13.8. The Labute approximate surface area is 129 Å². The number of aromatic nitrogens is 1. The summed E-state index contributed by atoms with van der Waals surface area (Å²) < 4.78 is 0. The molecule has 0 aliphatic rings. The van der Waals surface area contributed by atoms with Crippen molar-refractivity contribution in [2.24, 2.45) is 5.92 Å². The lowest BCUT2D eigenvalue weighted by Crippen LogP contribution is -1.97. The molecule has 0 aliphatic heterocycles.